The fourth-order valence-electron chi connectivity index (χ4n) is 3.19. The quantitative estimate of drug-likeness (QED) is 0.297. The highest BCUT2D eigenvalue weighted by Gasteiger charge is 2.22. The summed E-state index contributed by atoms with van der Waals surface area (Å²) in [6, 6.07) is 10.3. The monoisotopic (exact) mass is 435 g/mol. The lowest BCUT2D eigenvalue weighted by molar-refractivity contribution is -0.0498. The molecule has 0 aliphatic heterocycles. The minimum Gasteiger partial charge on any atom is -0.454 e. The summed E-state index contributed by atoms with van der Waals surface area (Å²) in [4.78, 5) is 24.5. The van der Waals surface area contributed by atoms with E-state index in [9.17, 15) is 27.2 Å². The molecular weight excluding hydrogens is 418 g/mol. The molecule has 0 atom stereocenters. The highest BCUT2D eigenvalue weighted by atomic mass is 19.3. The highest BCUT2D eigenvalue weighted by molar-refractivity contribution is 6.00. The molecule has 31 heavy (non-hydrogen) atoms. The number of aromatic nitrogens is 1. The van der Waals surface area contributed by atoms with Gasteiger partial charge in [0.1, 0.15) is 22.9 Å². The normalized spacial score (nSPS) is 10.9. The Morgan fingerprint density at radius 1 is 1.00 bits per heavy atom. The molecule has 9 heteroatoms. The summed E-state index contributed by atoms with van der Waals surface area (Å²) < 4.78 is 62.8. The van der Waals surface area contributed by atoms with E-state index in [0.717, 1.165) is 18.2 Å². The van der Waals surface area contributed by atoms with Crippen molar-refractivity contribution in [1.29, 1.82) is 0 Å². The summed E-state index contributed by atoms with van der Waals surface area (Å²) in [6.07, 6.45) is 0. The van der Waals surface area contributed by atoms with Gasteiger partial charge in [-0.05, 0) is 56.3 Å². The molecule has 1 heterocycles. The maximum absolute atomic E-state index is 13.7. The number of ether oxygens (including phenoxy) is 2. The van der Waals surface area contributed by atoms with E-state index in [4.69, 9.17) is 4.74 Å². The molecule has 0 aliphatic carbocycles. The van der Waals surface area contributed by atoms with Gasteiger partial charge in [0.2, 0.25) is 5.78 Å². The Labute approximate surface area is 174 Å². The minimum atomic E-state index is -2.94. The minimum absolute atomic E-state index is 0.00944. The average Bonchev–Trinajstić information content (AvgIpc) is 3.00. The van der Waals surface area contributed by atoms with Crippen molar-refractivity contribution in [3.05, 3.63) is 82.7 Å². The summed E-state index contributed by atoms with van der Waals surface area (Å²) >= 11 is 0. The van der Waals surface area contributed by atoms with Crippen molar-refractivity contribution in [2.24, 2.45) is 0 Å². The van der Waals surface area contributed by atoms with Crippen LogP contribution in [-0.4, -0.2) is 29.5 Å². The van der Waals surface area contributed by atoms with Gasteiger partial charge < -0.3 is 14.0 Å². The van der Waals surface area contributed by atoms with Gasteiger partial charge >= 0.3 is 12.6 Å². The number of benzene rings is 2. The topological polar surface area (TPSA) is 57.5 Å². The first-order valence-electron chi connectivity index (χ1n) is 9.07. The van der Waals surface area contributed by atoms with E-state index in [0.29, 0.717) is 17.1 Å². The third-order valence-corrected chi connectivity index (χ3v) is 4.55. The number of ketones is 1. The summed E-state index contributed by atoms with van der Waals surface area (Å²) in [5, 5.41) is 0. The number of alkyl halides is 2. The molecule has 0 amide bonds. The lowest BCUT2D eigenvalue weighted by atomic mass is 10.1. The van der Waals surface area contributed by atoms with E-state index in [1.54, 1.807) is 36.6 Å². The van der Waals surface area contributed by atoms with E-state index in [1.165, 1.54) is 12.1 Å². The molecule has 0 radical (unpaired) electrons. The summed E-state index contributed by atoms with van der Waals surface area (Å²) in [5.41, 5.74) is 1.15. The van der Waals surface area contributed by atoms with E-state index < -0.39 is 42.2 Å². The number of halogens is 4. The van der Waals surface area contributed by atoms with Crippen LogP contribution in [0.25, 0.3) is 5.69 Å². The van der Waals surface area contributed by atoms with Crippen molar-refractivity contribution in [1.82, 2.24) is 4.57 Å². The molecule has 0 saturated carbocycles. The van der Waals surface area contributed by atoms with Gasteiger partial charge in [0, 0.05) is 22.6 Å². The highest BCUT2D eigenvalue weighted by Crippen LogP contribution is 2.24. The number of hydrogen-bond donors (Lipinski definition) is 0. The van der Waals surface area contributed by atoms with Gasteiger partial charge in [0.25, 0.3) is 0 Å². The molecule has 0 bridgehead atoms. The molecule has 2 aromatic carbocycles. The molecule has 0 spiro atoms. The molecule has 0 aliphatic rings. The molecule has 3 aromatic rings. The third kappa shape index (κ3) is 4.76. The molecule has 162 valence electrons. The van der Waals surface area contributed by atoms with Crippen LogP contribution < -0.4 is 4.74 Å². The van der Waals surface area contributed by atoms with Gasteiger partial charge in [-0.1, -0.05) is 6.07 Å². The third-order valence-electron chi connectivity index (χ3n) is 4.55. The van der Waals surface area contributed by atoms with Crippen molar-refractivity contribution >= 4 is 11.8 Å². The molecular formula is C22H17F4NO4. The van der Waals surface area contributed by atoms with Crippen LogP contribution in [0.4, 0.5) is 17.6 Å². The second-order valence-corrected chi connectivity index (χ2v) is 6.59. The van der Waals surface area contributed by atoms with Crippen LogP contribution in [0.2, 0.25) is 0 Å². The molecule has 0 N–H and O–H groups in total. The zero-order valence-electron chi connectivity index (χ0n) is 16.5. The summed E-state index contributed by atoms with van der Waals surface area (Å²) in [7, 11) is 0. The van der Waals surface area contributed by atoms with E-state index >= 15 is 0 Å². The van der Waals surface area contributed by atoms with Crippen LogP contribution in [0.3, 0.4) is 0 Å². The van der Waals surface area contributed by atoms with Gasteiger partial charge in [-0.2, -0.15) is 8.78 Å². The second kappa shape index (κ2) is 9.03. The lowest BCUT2D eigenvalue weighted by Gasteiger charge is -2.11. The first-order chi connectivity index (χ1) is 14.7. The first-order valence-corrected chi connectivity index (χ1v) is 9.07. The Morgan fingerprint density at radius 2 is 1.61 bits per heavy atom. The number of carbonyl (C=O) groups is 2. The average molecular weight is 435 g/mol. The number of aryl methyl sites for hydroxylation is 1. The maximum atomic E-state index is 13.7. The number of nitrogens with zero attached hydrogens (tertiary/aromatic N) is 1. The molecule has 0 saturated heterocycles. The van der Waals surface area contributed by atoms with Gasteiger partial charge in [-0.3, -0.25) is 4.79 Å². The Bertz CT molecular complexity index is 1100. The van der Waals surface area contributed by atoms with E-state index in [1.807, 2.05) is 0 Å². The SMILES string of the molecule is Cc1cc(C(=O)COC(=O)c2c(F)cccc2F)c(C)n1-c1ccc(OC(F)F)cc1. The Kier molecular flexibility index (Phi) is 6.43. The predicted octanol–water partition coefficient (Wildman–Crippen LogP) is 5.01. The largest absolute Gasteiger partial charge is 0.454 e. The van der Waals surface area contributed by atoms with Crippen molar-refractivity contribution < 1.29 is 36.6 Å². The Balaban J connectivity index is 1.77. The fourth-order valence-corrected chi connectivity index (χ4v) is 3.19. The summed E-state index contributed by atoms with van der Waals surface area (Å²) in [5.74, 6) is -4.04. The number of carbonyl (C=O) groups excluding carboxylic acids is 2. The van der Waals surface area contributed by atoms with Crippen LogP contribution in [-0.2, 0) is 4.74 Å². The Hall–Kier alpha value is -3.62. The first kappa shape index (κ1) is 22.1. The molecule has 0 fully saturated rings. The van der Waals surface area contributed by atoms with Gasteiger partial charge in [-0.25, -0.2) is 13.6 Å². The number of esters is 1. The molecule has 1 aromatic heterocycles. The lowest BCUT2D eigenvalue weighted by Crippen LogP contribution is -2.17. The zero-order valence-corrected chi connectivity index (χ0v) is 16.5. The zero-order chi connectivity index (χ0) is 22.7. The number of rotatable bonds is 7. The smallest absolute Gasteiger partial charge is 0.387 e. The molecule has 3 rings (SSSR count). The van der Waals surface area contributed by atoms with Gasteiger partial charge in [0.05, 0.1) is 0 Å². The van der Waals surface area contributed by atoms with Crippen molar-refractivity contribution in [2.45, 2.75) is 20.5 Å². The van der Waals surface area contributed by atoms with Crippen molar-refractivity contribution in [3.63, 3.8) is 0 Å². The number of Topliss-reactive ketones (excluding diaryl/α,β-unsaturated/α-hetero) is 1. The maximum Gasteiger partial charge on any atom is 0.387 e. The van der Waals surface area contributed by atoms with E-state index in [2.05, 4.69) is 4.74 Å². The van der Waals surface area contributed by atoms with Crippen LogP contribution in [0, 0.1) is 25.5 Å². The van der Waals surface area contributed by atoms with Crippen molar-refractivity contribution in [3.8, 4) is 11.4 Å². The molecule has 0 unspecified atom stereocenters. The molecule has 5 nitrogen and oxygen atoms in total. The van der Waals surface area contributed by atoms with Crippen LogP contribution in [0.15, 0.2) is 48.5 Å². The standard InChI is InChI=1S/C22H17F4NO4/c1-12-10-16(13(2)27(12)14-6-8-15(9-7-14)31-22(25)26)19(28)11-30-21(29)20-17(23)4-3-5-18(20)24/h3-10,22H,11H2,1-2H3. The van der Waals surface area contributed by atoms with Crippen molar-refractivity contribution in [2.75, 3.05) is 6.61 Å². The van der Waals surface area contributed by atoms with E-state index in [-0.39, 0.29) is 11.3 Å². The van der Waals surface area contributed by atoms with Gasteiger partial charge in [-0.15, -0.1) is 0 Å². The summed E-state index contributed by atoms with van der Waals surface area (Å²) in [6.45, 7) is -0.264. The van der Waals surface area contributed by atoms with Crippen LogP contribution >= 0.6 is 0 Å². The van der Waals surface area contributed by atoms with Crippen LogP contribution in [0.5, 0.6) is 5.75 Å². The van der Waals surface area contributed by atoms with Crippen LogP contribution in [0.1, 0.15) is 32.1 Å². The number of hydrogen-bond acceptors (Lipinski definition) is 4. The van der Waals surface area contributed by atoms with Gasteiger partial charge in [0.15, 0.2) is 6.61 Å². The Morgan fingerprint density at radius 3 is 2.19 bits per heavy atom. The second-order valence-electron chi connectivity index (χ2n) is 6.59. The predicted molar refractivity (Wildman–Crippen MR) is 103 cm³/mol. The fraction of sp³-hybridized carbons (Fsp3) is 0.182.